The third-order valence-electron chi connectivity index (χ3n) is 8.45. The number of fused-ring (bicyclic) bond motifs is 1. The number of aryl methyl sites for hydroxylation is 1. The van der Waals surface area contributed by atoms with Gasteiger partial charge in [-0.25, -0.2) is 0 Å². The topological polar surface area (TPSA) is 65.5 Å². The summed E-state index contributed by atoms with van der Waals surface area (Å²) < 4.78 is 11.8. The minimum absolute atomic E-state index is 0.00558. The Morgan fingerprint density at radius 1 is 0.853 bits per heavy atom. The van der Waals surface area contributed by atoms with Gasteiger partial charge in [0.15, 0.2) is 0 Å². The minimum Gasteiger partial charge on any atom is -0.354 e. The van der Waals surface area contributed by atoms with Gasteiger partial charge < -0.3 is 9.47 Å². The van der Waals surface area contributed by atoms with Crippen LogP contribution in [0.15, 0.2) is 30.5 Å². The molecule has 1 aliphatic heterocycles. The van der Waals surface area contributed by atoms with Gasteiger partial charge in [-0.3, -0.25) is 14.6 Å². The first-order valence-electron chi connectivity index (χ1n) is 12.4. The van der Waals surface area contributed by atoms with Crippen LogP contribution in [0.1, 0.15) is 92.8 Å². The summed E-state index contributed by atoms with van der Waals surface area (Å²) in [6, 6.07) is 8.60. The number of rotatable bonds is 3. The van der Waals surface area contributed by atoms with Gasteiger partial charge in [0.1, 0.15) is 24.3 Å². The van der Waals surface area contributed by atoms with E-state index < -0.39 is 11.3 Å². The number of hydrogen-bond donors (Lipinski definition) is 0. The number of benzene rings is 1. The third-order valence-corrected chi connectivity index (χ3v) is 8.45. The van der Waals surface area contributed by atoms with Crippen molar-refractivity contribution < 1.29 is 19.1 Å². The highest BCUT2D eigenvalue weighted by atomic mass is 16.7. The van der Waals surface area contributed by atoms with Crippen LogP contribution < -0.4 is 0 Å². The summed E-state index contributed by atoms with van der Waals surface area (Å²) in [6.45, 7) is 12.8. The van der Waals surface area contributed by atoms with Crippen molar-refractivity contribution in [3.05, 3.63) is 64.0 Å². The van der Waals surface area contributed by atoms with Crippen LogP contribution in [0.25, 0.3) is 0 Å². The van der Waals surface area contributed by atoms with E-state index in [-0.39, 0.29) is 29.2 Å². The van der Waals surface area contributed by atoms with E-state index in [2.05, 4.69) is 46.8 Å². The molecule has 5 rings (SSSR count). The molecule has 2 fully saturated rings. The van der Waals surface area contributed by atoms with Gasteiger partial charge in [-0.2, -0.15) is 0 Å². The zero-order chi connectivity index (χ0) is 24.3. The smallest absolute Gasteiger partial charge is 0.148 e. The van der Waals surface area contributed by atoms with Crippen molar-refractivity contribution in [2.75, 3.05) is 20.0 Å². The van der Waals surface area contributed by atoms with Crippen LogP contribution in [0.4, 0.5) is 0 Å². The molecule has 0 bridgehead atoms. The lowest BCUT2D eigenvalue weighted by atomic mass is 9.61. The van der Waals surface area contributed by atoms with Gasteiger partial charge in [0, 0.05) is 19.0 Å². The number of hydrogen-bond acceptors (Lipinski definition) is 5. The second-order valence-electron chi connectivity index (χ2n) is 11.7. The normalized spacial score (nSPS) is 23.7. The number of carbonyl (C=O) groups is 2. The molecule has 0 unspecified atom stereocenters. The monoisotopic (exact) mass is 461 g/mol. The Morgan fingerprint density at radius 3 is 2.00 bits per heavy atom. The molecular weight excluding hydrogens is 426 g/mol. The van der Waals surface area contributed by atoms with Crippen LogP contribution in [-0.2, 0) is 35.3 Å². The van der Waals surface area contributed by atoms with E-state index in [0.29, 0.717) is 31.6 Å². The minimum atomic E-state index is -0.662. The van der Waals surface area contributed by atoms with Crippen LogP contribution in [0, 0.1) is 6.92 Å². The molecule has 0 radical (unpaired) electrons. The Hall–Kier alpha value is -2.37. The summed E-state index contributed by atoms with van der Waals surface area (Å²) in [5.41, 5.74) is 6.45. The standard InChI is InChI=1S/C29H35NO4/c1-18-12-21-22(28(4,5)11-10-27(21,2)3)13-20(18)29(15-33-17-34-16-29)25-9-6-19(14-30-25)26-23(31)7-8-24(26)32/h6,9,12-14,26H,7-8,10-11,15-17H2,1-5H3. The summed E-state index contributed by atoms with van der Waals surface area (Å²) in [5.74, 6) is -0.673. The average Bonchev–Trinajstić information content (AvgIpc) is 3.15. The maximum Gasteiger partial charge on any atom is 0.148 e. The van der Waals surface area contributed by atoms with Crippen LogP contribution in [-0.4, -0.2) is 36.6 Å². The van der Waals surface area contributed by atoms with E-state index in [1.54, 1.807) is 6.20 Å². The van der Waals surface area contributed by atoms with E-state index in [1.165, 1.54) is 28.7 Å². The van der Waals surface area contributed by atoms with Crippen molar-refractivity contribution in [3.8, 4) is 0 Å². The Bertz CT molecular complexity index is 1120. The Labute approximate surface area is 202 Å². The number of pyridine rings is 1. The number of Topliss-reactive ketones (excluding diaryl/α,β-unsaturated/α-hetero) is 2. The second kappa shape index (κ2) is 8.10. The van der Waals surface area contributed by atoms with Crippen LogP contribution >= 0.6 is 0 Å². The van der Waals surface area contributed by atoms with Crippen molar-refractivity contribution in [3.63, 3.8) is 0 Å². The maximum absolute atomic E-state index is 12.3. The SMILES string of the molecule is Cc1cc2c(cc1C1(c3ccc(C4C(=O)CCC4=O)cn3)COCOC1)C(C)(C)CCC2(C)C. The fourth-order valence-corrected chi connectivity index (χ4v) is 6.16. The number of ether oxygens (including phenoxy) is 2. The Morgan fingerprint density at radius 2 is 1.44 bits per heavy atom. The molecule has 0 atom stereocenters. The van der Waals surface area contributed by atoms with Crippen LogP contribution in [0.5, 0.6) is 0 Å². The largest absolute Gasteiger partial charge is 0.354 e. The Kier molecular flexibility index (Phi) is 5.57. The van der Waals surface area contributed by atoms with Crippen molar-refractivity contribution in [1.29, 1.82) is 0 Å². The molecule has 0 amide bonds. The molecule has 1 saturated heterocycles. The molecule has 1 aromatic carbocycles. The number of nitrogens with zero attached hydrogens (tertiary/aromatic N) is 1. The number of ketones is 2. The summed E-state index contributed by atoms with van der Waals surface area (Å²) >= 11 is 0. The predicted octanol–water partition coefficient (Wildman–Crippen LogP) is 5.05. The zero-order valence-electron chi connectivity index (χ0n) is 21.0. The molecule has 2 heterocycles. The Balaban J connectivity index is 1.63. The fourth-order valence-electron chi connectivity index (χ4n) is 6.16. The van der Waals surface area contributed by atoms with E-state index in [1.807, 2.05) is 12.1 Å². The highest BCUT2D eigenvalue weighted by molar-refractivity contribution is 6.13. The van der Waals surface area contributed by atoms with E-state index >= 15 is 0 Å². The van der Waals surface area contributed by atoms with E-state index in [9.17, 15) is 9.59 Å². The van der Waals surface area contributed by atoms with Crippen molar-refractivity contribution in [1.82, 2.24) is 4.98 Å². The molecule has 180 valence electrons. The van der Waals surface area contributed by atoms with Gasteiger partial charge in [-0.15, -0.1) is 0 Å². The number of aromatic nitrogens is 1. The van der Waals surface area contributed by atoms with Gasteiger partial charge in [-0.05, 0) is 64.5 Å². The highest BCUT2D eigenvalue weighted by Gasteiger charge is 2.44. The number of carbonyl (C=O) groups excluding carboxylic acids is 2. The molecule has 34 heavy (non-hydrogen) atoms. The van der Waals surface area contributed by atoms with Crippen molar-refractivity contribution in [2.24, 2.45) is 0 Å². The quantitative estimate of drug-likeness (QED) is 0.599. The molecule has 5 heteroatoms. The second-order valence-corrected chi connectivity index (χ2v) is 11.7. The lowest BCUT2D eigenvalue weighted by Gasteiger charge is -2.44. The lowest BCUT2D eigenvalue weighted by molar-refractivity contribution is -0.129. The molecule has 0 N–H and O–H groups in total. The molecular formula is C29H35NO4. The van der Waals surface area contributed by atoms with Gasteiger partial charge in [0.2, 0.25) is 0 Å². The lowest BCUT2D eigenvalue weighted by Crippen LogP contribution is -2.44. The summed E-state index contributed by atoms with van der Waals surface area (Å²) in [4.78, 5) is 29.3. The third kappa shape index (κ3) is 3.64. The fraction of sp³-hybridized carbons (Fsp3) is 0.552. The highest BCUT2D eigenvalue weighted by Crippen LogP contribution is 2.48. The molecule has 1 saturated carbocycles. The van der Waals surface area contributed by atoms with Gasteiger partial charge in [0.25, 0.3) is 0 Å². The maximum atomic E-state index is 12.3. The van der Waals surface area contributed by atoms with E-state index in [0.717, 1.165) is 12.1 Å². The molecule has 1 aromatic heterocycles. The first-order valence-corrected chi connectivity index (χ1v) is 12.4. The van der Waals surface area contributed by atoms with Gasteiger partial charge in [0.05, 0.1) is 24.3 Å². The molecule has 3 aliphatic rings. The van der Waals surface area contributed by atoms with Gasteiger partial charge in [-0.1, -0.05) is 45.9 Å². The molecule has 2 aromatic rings. The van der Waals surface area contributed by atoms with Gasteiger partial charge >= 0.3 is 0 Å². The van der Waals surface area contributed by atoms with Crippen molar-refractivity contribution in [2.45, 2.75) is 82.5 Å². The van der Waals surface area contributed by atoms with Crippen LogP contribution in [0.2, 0.25) is 0 Å². The first kappa shape index (κ1) is 23.4. The van der Waals surface area contributed by atoms with E-state index in [4.69, 9.17) is 14.5 Å². The average molecular weight is 462 g/mol. The van der Waals surface area contributed by atoms with Crippen molar-refractivity contribution >= 4 is 11.6 Å². The zero-order valence-corrected chi connectivity index (χ0v) is 21.0. The summed E-state index contributed by atoms with van der Waals surface area (Å²) in [5, 5.41) is 0. The molecule has 2 aliphatic carbocycles. The molecule has 0 spiro atoms. The first-order chi connectivity index (χ1) is 16.1. The summed E-state index contributed by atoms with van der Waals surface area (Å²) in [6.07, 6.45) is 4.68. The predicted molar refractivity (Wildman–Crippen MR) is 130 cm³/mol. The molecule has 5 nitrogen and oxygen atoms in total. The van der Waals surface area contributed by atoms with Crippen LogP contribution in [0.3, 0.4) is 0 Å². The summed E-state index contributed by atoms with van der Waals surface area (Å²) in [7, 11) is 0.